The van der Waals surface area contributed by atoms with Crippen molar-refractivity contribution in [2.45, 2.75) is 12.8 Å². The van der Waals surface area contributed by atoms with Crippen LogP contribution in [0.2, 0.25) is 0 Å². The van der Waals surface area contributed by atoms with Crippen LogP contribution in [0.4, 0.5) is 0 Å². The molecule has 3 heterocycles. The molecule has 1 unspecified atom stereocenters. The zero-order chi connectivity index (χ0) is 24.6. The maximum absolute atomic E-state index is 10.1. The third-order valence-electron chi connectivity index (χ3n) is 6.40. The number of hydrogen-bond donors (Lipinski definition) is 1. The molecule has 1 aliphatic heterocycles. The van der Waals surface area contributed by atoms with Gasteiger partial charge in [0.2, 0.25) is 11.8 Å². The SMILES string of the molecule is Cc1ccc(-c2nn(-c3ccccc3)c3c2C(c2ccc(-n4ccnc4)cc2)C(C#N)=C(N)O3)cc1. The summed E-state index contributed by atoms with van der Waals surface area (Å²) in [5.74, 6) is 0.155. The number of aryl methyl sites for hydroxylation is 1. The predicted molar refractivity (Wildman–Crippen MR) is 137 cm³/mol. The first-order chi connectivity index (χ1) is 17.6. The number of hydrogen-bond acceptors (Lipinski definition) is 5. The molecule has 7 nitrogen and oxygen atoms in total. The molecular formula is C29H22N6O. The van der Waals surface area contributed by atoms with Crippen LogP contribution in [0.15, 0.2) is 109 Å². The van der Waals surface area contributed by atoms with E-state index in [1.807, 2.05) is 84.4 Å². The highest BCUT2D eigenvalue weighted by atomic mass is 16.5. The summed E-state index contributed by atoms with van der Waals surface area (Å²) in [6.45, 7) is 2.05. The molecule has 2 aromatic heterocycles. The number of para-hydroxylation sites is 1. The van der Waals surface area contributed by atoms with Gasteiger partial charge in [-0.25, -0.2) is 4.98 Å². The minimum Gasteiger partial charge on any atom is -0.422 e. The van der Waals surface area contributed by atoms with Crippen LogP contribution in [0.1, 0.15) is 22.6 Å². The molecule has 3 aromatic carbocycles. The van der Waals surface area contributed by atoms with E-state index in [1.165, 1.54) is 0 Å². The summed E-state index contributed by atoms with van der Waals surface area (Å²) in [5.41, 5.74) is 13.1. The van der Waals surface area contributed by atoms with Gasteiger partial charge in [-0.15, -0.1) is 0 Å². The van der Waals surface area contributed by atoms with Crippen molar-refractivity contribution < 1.29 is 4.74 Å². The second-order valence-corrected chi connectivity index (χ2v) is 8.67. The van der Waals surface area contributed by atoms with Gasteiger partial charge in [0.25, 0.3) is 0 Å². The maximum atomic E-state index is 10.1. The number of ether oxygens (including phenoxy) is 1. The van der Waals surface area contributed by atoms with E-state index in [0.29, 0.717) is 11.5 Å². The Labute approximate surface area is 208 Å². The van der Waals surface area contributed by atoms with Crippen molar-refractivity contribution in [1.82, 2.24) is 19.3 Å². The van der Waals surface area contributed by atoms with Gasteiger partial charge >= 0.3 is 0 Å². The Hall–Kier alpha value is -5.09. The van der Waals surface area contributed by atoms with Crippen molar-refractivity contribution in [3.63, 3.8) is 0 Å². The smallest absolute Gasteiger partial charge is 0.229 e. The summed E-state index contributed by atoms with van der Waals surface area (Å²) in [4.78, 5) is 4.13. The molecule has 5 aromatic rings. The van der Waals surface area contributed by atoms with Crippen LogP contribution >= 0.6 is 0 Å². The Bertz CT molecular complexity index is 1610. The number of fused-ring (bicyclic) bond motifs is 1. The Balaban J connectivity index is 1.58. The fraction of sp³-hybridized carbons (Fsp3) is 0.0690. The fourth-order valence-corrected chi connectivity index (χ4v) is 4.59. The van der Waals surface area contributed by atoms with Crippen LogP contribution in [0.3, 0.4) is 0 Å². The van der Waals surface area contributed by atoms with Crippen LogP contribution in [0.5, 0.6) is 5.88 Å². The van der Waals surface area contributed by atoms with Gasteiger partial charge in [-0.3, -0.25) is 0 Å². The van der Waals surface area contributed by atoms with E-state index in [4.69, 9.17) is 15.6 Å². The minimum absolute atomic E-state index is 0.0845. The van der Waals surface area contributed by atoms with Crippen LogP contribution < -0.4 is 10.5 Å². The standard InChI is InChI=1S/C29H22N6O/c1-19-7-9-21(10-8-19)27-26-25(20-11-13-22(14-12-20)34-16-15-32-18-34)24(17-30)28(31)36-29(26)35(33-27)23-5-3-2-4-6-23/h2-16,18,25H,31H2,1H3. The van der Waals surface area contributed by atoms with Gasteiger partial charge in [-0.1, -0.05) is 60.2 Å². The molecule has 0 bridgehead atoms. The second kappa shape index (κ2) is 8.60. The van der Waals surface area contributed by atoms with E-state index in [1.54, 1.807) is 17.2 Å². The molecule has 0 fully saturated rings. The highest BCUT2D eigenvalue weighted by Gasteiger charge is 2.37. The van der Waals surface area contributed by atoms with E-state index >= 15 is 0 Å². The number of nitrogens with two attached hydrogens (primary N) is 1. The number of aromatic nitrogens is 4. The number of allylic oxidation sites excluding steroid dienone is 1. The van der Waals surface area contributed by atoms with Gasteiger partial charge in [0.1, 0.15) is 17.3 Å². The Morgan fingerprint density at radius 1 is 0.944 bits per heavy atom. The molecule has 36 heavy (non-hydrogen) atoms. The molecule has 0 amide bonds. The molecule has 7 heteroatoms. The minimum atomic E-state index is -0.440. The Morgan fingerprint density at radius 2 is 1.69 bits per heavy atom. The summed E-state index contributed by atoms with van der Waals surface area (Å²) in [6, 6.07) is 28.3. The average Bonchev–Trinajstić information content (AvgIpc) is 3.58. The lowest BCUT2D eigenvalue weighted by atomic mass is 9.83. The summed E-state index contributed by atoms with van der Waals surface area (Å²) in [5, 5.41) is 15.1. The number of rotatable bonds is 4. The van der Waals surface area contributed by atoms with Crippen molar-refractivity contribution in [3.05, 3.63) is 126 Å². The number of nitriles is 1. The first kappa shape index (κ1) is 21.4. The van der Waals surface area contributed by atoms with Gasteiger partial charge < -0.3 is 15.0 Å². The zero-order valence-electron chi connectivity index (χ0n) is 19.5. The summed E-state index contributed by atoms with van der Waals surface area (Å²) in [7, 11) is 0. The summed E-state index contributed by atoms with van der Waals surface area (Å²) in [6.07, 6.45) is 5.38. The molecule has 0 aliphatic carbocycles. The lowest BCUT2D eigenvalue weighted by Gasteiger charge is -2.25. The van der Waals surface area contributed by atoms with E-state index in [-0.39, 0.29) is 5.88 Å². The lowest BCUT2D eigenvalue weighted by molar-refractivity contribution is 0.367. The first-order valence-corrected chi connectivity index (χ1v) is 11.6. The lowest BCUT2D eigenvalue weighted by Crippen LogP contribution is -2.22. The van der Waals surface area contributed by atoms with Crippen LogP contribution in [0.25, 0.3) is 22.6 Å². The van der Waals surface area contributed by atoms with E-state index in [2.05, 4.69) is 23.2 Å². The molecule has 1 atom stereocenters. The van der Waals surface area contributed by atoms with Crippen molar-refractivity contribution in [2.75, 3.05) is 0 Å². The zero-order valence-corrected chi connectivity index (χ0v) is 19.5. The van der Waals surface area contributed by atoms with Crippen LogP contribution in [-0.2, 0) is 0 Å². The summed E-state index contributed by atoms with van der Waals surface area (Å²) < 4.78 is 9.80. The van der Waals surface area contributed by atoms with Crippen LogP contribution in [0, 0.1) is 18.3 Å². The number of nitrogens with zero attached hydrogens (tertiary/aromatic N) is 5. The van der Waals surface area contributed by atoms with Gasteiger partial charge in [0, 0.05) is 23.6 Å². The molecule has 0 saturated carbocycles. The highest BCUT2D eigenvalue weighted by molar-refractivity contribution is 5.72. The quantitative estimate of drug-likeness (QED) is 0.387. The fourth-order valence-electron chi connectivity index (χ4n) is 4.59. The van der Waals surface area contributed by atoms with Gasteiger partial charge in [-0.2, -0.15) is 15.0 Å². The van der Waals surface area contributed by atoms with Crippen molar-refractivity contribution >= 4 is 0 Å². The molecule has 1 aliphatic rings. The van der Waals surface area contributed by atoms with Gasteiger partial charge in [0.05, 0.1) is 23.5 Å². The first-order valence-electron chi connectivity index (χ1n) is 11.6. The topological polar surface area (TPSA) is 94.7 Å². The van der Waals surface area contributed by atoms with E-state index < -0.39 is 5.92 Å². The molecule has 174 valence electrons. The molecule has 0 radical (unpaired) electrons. The largest absolute Gasteiger partial charge is 0.422 e. The predicted octanol–water partition coefficient (Wildman–Crippen LogP) is 5.25. The molecule has 6 rings (SSSR count). The average molecular weight is 471 g/mol. The normalized spacial score (nSPS) is 14.7. The van der Waals surface area contributed by atoms with Crippen LogP contribution in [-0.4, -0.2) is 19.3 Å². The van der Waals surface area contributed by atoms with Crippen molar-refractivity contribution in [2.24, 2.45) is 5.73 Å². The van der Waals surface area contributed by atoms with Crippen molar-refractivity contribution in [1.29, 1.82) is 5.26 Å². The Morgan fingerprint density at radius 3 is 2.36 bits per heavy atom. The van der Waals surface area contributed by atoms with E-state index in [9.17, 15) is 5.26 Å². The van der Waals surface area contributed by atoms with Gasteiger partial charge in [0.15, 0.2) is 0 Å². The molecule has 0 saturated heterocycles. The highest BCUT2D eigenvalue weighted by Crippen LogP contribution is 2.47. The third-order valence-corrected chi connectivity index (χ3v) is 6.40. The van der Waals surface area contributed by atoms with Gasteiger partial charge in [-0.05, 0) is 36.8 Å². The maximum Gasteiger partial charge on any atom is 0.229 e. The number of benzene rings is 3. The van der Waals surface area contributed by atoms with E-state index in [0.717, 1.165) is 39.3 Å². The van der Waals surface area contributed by atoms with Crippen molar-refractivity contribution in [3.8, 4) is 34.6 Å². The Kier molecular flexibility index (Phi) is 5.12. The summed E-state index contributed by atoms with van der Waals surface area (Å²) >= 11 is 0. The molecular weight excluding hydrogens is 448 g/mol. The third kappa shape index (κ3) is 3.53. The molecule has 2 N–H and O–H groups in total. The number of imidazole rings is 1. The molecule has 0 spiro atoms. The second-order valence-electron chi connectivity index (χ2n) is 8.67. The monoisotopic (exact) mass is 470 g/mol.